The molecule has 0 heterocycles. The van der Waals surface area contributed by atoms with Crippen molar-refractivity contribution in [2.75, 3.05) is 5.08 Å². The Hall–Kier alpha value is -1.12. The Morgan fingerprint density at radius 2 is 1.00 bits per heavy atom. The van der Waals surface area contributed by atoms with Gasteiger partial charge in [-0.25, -0.2) is 16.8 Å². The number of benzene rings is 2. The van der Waals surface area contributed by atoms with Gasteiger partial charge in [-0.05, 0) is 92.7 Å². The van der Waals surface area contributed by atoms with Crippen LogP contribution in [-0.4, -0.2) is 21.9 Å². The van der Waals surface area contributed by atoms with Gasteiger partial charge in [0.2, 0.25) is 20.0 Å². The van der Waals surface area contributed by atoms with Crippen LogP contribution in [0.15, 0.2) is 60.9 Å². The molecule has 0 radical (unpaired) electrons. The van der Waals surface area contributed by atoms with E-state index in [-0.39, 0.29) is 0 Å². The molecule has 27 heavy (non-hydrogen) atoms. The largest absolute Gasteiger partial charge is 0.289 e. The van der Waals surface area contributed by atoms with Crippen LogP contribution in [0.4, 0.5) is 0 Å². The van der Waals surface area contributed by atoms with Crippen LogP contribution in [0, 0.1) is 7.14 Å². The van der Waals surface area contributed by atoms with Crippen LogP contribution in [0.1, 0.15) is 11.1 Å². The van der Waals surface area contributed by atoms with Gasteiger partial charge >= 0.3 is 0 Å². The van der Waals surface area contributed by atoms with Crippen molar-refractivity contribution in [3.63, 3.8) is 0 Å². The van der Waals surface area contributed by atoms with Gasteiger partial charge in [-0.2, -0.15) is 0 Å². The summed E-state index contributed by atoms with van der Waals surface area (Å²) in [5.41, 5.74) is 1.58. The maximum Gasteiger partial charge on any atom is 0.248 e. The lowest BCUT2D eigenvalue weighted by Gasteiger charge is -2.05. The predicted octanol–water partition coefficient (Wildman–Crippen LogP) is 3.33. The molecule has 0 amide bonds. The van der Waals surface area contributed by atoms with Gasteiger partial charge in [0.15, 0.2) is 5.08 Å². The van der Waals surface area contributed by atoms with Gasteiger partial charge in [0.05, 0.1) is 0 Å². The second kappa shape index (κ2) is 9.89. The van der Waals surface area contributed by atoms with Crippen LogP contribution in [0.2, 0.25) is 0 Å². The molecule has 0 fully saturated rings. The highest BCUT2D eigenvalue weighted by Crippen LogP contribution is 2.09. The van der Waals surface area contributed by atoms with Gasteiger partial charge in [0.25, 0.3) is 0 Å². The second-order valence-electron chi connectivity index (χ2n) is 5.35. The fourth-order valence-corrected chi connectivity index (χ4v) is 5.34. The molecular weight excluding hydrogens is 614 g/mol. The Labute approximate surface area is 186 Å². The zero-order chi connectivity index (χ0) is 19.9. The molecule has 0 aromatic heterocycles. The third-order valence-electron chi connectivity index (χ3n) is 3.10. The van der Waals surface area contributed by atoms with Gasteiger partial charge < -0.3 is 0 Å². The van der Waals surface area contributed by atoms with Crippen molar-refractivity contribution < 1.29 is 16.8 Å². The molecule has 0 aliphatic rings. The van der Waals surface area contributed by atoms with Crippen molar-refractivity contribution in [3.8, 4) is 0 Å². The lowest BCUT2D eigenvalue weighted by atomic mass is 10.2. The molecule has 144 valence electrons. The van der Waals surface area contributed by atoms with E-state index in [1.54, 1.807) is 12.2 Å². The lowest BCUT2D eigenvalue weighted by molar-refractivity contribution is 0.583. The molecule has 0 atom stereocenters. The highest BCUT2D eigenvalue weighted by Gasteiger charge is 2.19. The van der Waals surface area contributed by atoms with E-state index in [2.05, 4.69) is 54.6 Å². The zero-order valence-corrected chi connectivity index (χ0v) is 19.8. The highest BCUT2D eigenvalue weighted by atomic mass is 127. The molecule has 6 nitrogen and oxygen atoms in total. The topological polar surface area (TPSA) is 92.3 Å². The maximum atomic E-state index is 12.0. The van der Waals surface area contributed by atoms with Crippen LogP contribution in [0.25, 0.3) is 12.2 Å². The summed E-state index contributed by atoms with van der Waals surface area (Å²) in [6.07, 6.45) is 5.50. The van der Waals surface area contributed by atoms with Gasteiger partial charge in [0, 0.05) is 19.5 Å². The Morgan fingerprint density at radius 3 is 1.33 bits per heavy atom. The summed E-state index contributed by atoms with van der Waals surface area (Å²) in [5.74, 6) is 0. The summed E-state index contributed by atoms with van der Waals surface area (Å²) < 4.78 is 54.2. The van der Waals surface area contributed by atoms with Crippen molar-refractivity contribution in [3.05, 3.63) is 79.2 Å². The summed E-state index contributed by atoms with van der Waals surface area (Å²) in [4.78, 5) is 0. The highest BCUT2D eigenvalue weighted by molar-refractivity contribution is 14.1. The fraction of sp³-hybridized carbons (Fsp3) is 0.0588. The minimum Gasteiger partial charge on any atom is -0.289 e. The number of nitrogens with one attached hydrogen (secondary N) is 2. The van der Waals surface area contributed by atoms with E-state index >= 15 is 0 Å². The van der Waals surface area contributed by atoms with Crippen molar-refractivity contribution in [1.29, 1.82) is 0 Å². The first kappa shape index (κ1) is 22.2. The molecular formula is C17H16I2N2O4S2. The van der Waals surface area contributed by atoms with E-state index in [0.717, 1.165) is 18.3 Å². The molecule has 0 saturated carbocycles. The minimum atomic E-state index is -4.04. The first-order chi connectivity index (χ1) is 12.7. The molecule has 2 N–H and O–H groups in total. The van der Waals surface area contributed by atoms with E-state index in [1.165, 1.54) is 12.4 Å². The number of sulfonamides is 2. The lowest BCUT2D eigenvalue weighted by Crippen LogP contribution is -2.32. The van der Waals surface area contributed by atoms with E-state index < -0.39 is 25.1 Å². The molecule has 0 aliphatic heterocycles. The standard InChI is InChI=1S/C17H16I2N2O4S2/c18-16-5-1-14(2-6-16)9-11-20-26(22,23)13-27(24,25)21-12-10-15-3-7-17(19)8-4-15/h1-12,20-21H,13H2/b11-9+,12-10+. The van der Waals surface area contributed by atoms with Gasteiger partial charge in [-0.1, -0.05) is 24.3 Å². The molecule has 2 aromatic rings. The summed E-state index contributed by atoms with van der Waals surface area (Å²) in [6, 6.07) is 14.8. The third-order valence-corrected chi connectivity index (χ3v) is 8.01. The molecule has 0 bridgehead atoms. The average Bonchev–Trinajstić information content (AvgIpc) is 2.57. The van der Waals surface area contributed by atoms with Crippen LogP contribution in [0.5, 0.6) is 0 Å². The maximum absolute atomic E-state index is 12.0. The van der Waals surface area contributed by atoms with Crippen LogP contribution in [0.3, 0.4) is 0 Å². The number of halogens is 2. The zero-order valence-electron chi connectivity index (χ0n) is 13.8. The van der Waals surface area contributed by atoms with Gasteiger partial charge in [-0.3, -0.25) is 9.44 Å². The minimum absolute atomic E-state index is 0.791. The molecule has 0 unspecified atom stereocenters. The average molecular weight is 630 g/mol. The Balaban J connectivity index is 1.92. The second-order valence-corrected chi connectivity index (χ2v) is 11.7. The number of hydrogen-bond donors (Lipinski definition) is 2. The third kappa shape index (κ3) is 8.62. The van der Waals surface area contributed by atoms with Crippen molar-refractivity contribution in [1.82, 2.24) is 9.44 Å². The van der Waals surface area contributed by atoms with Crippen LogP contribution < -0.4 is 9.44 Å². The molecule has 0 saturated heterocycles. The van der Waals surface area contributed by atoms with Crippen molar-refractivity contribution in [2.24, 2.45) is 0 Å². The van der Waals surface area contributed by atoms with E-state index in [0.29, 0.717) is 0 Å². The SMILES string of the molecule is O=S(=O)(CS(=O)(=O)N/C=C/c1ccc(I)cc1)N/C=C/c1ccc(I)cc1. The Kier molecular flexibility index (Phi) is 8.12. The quantitative estimate of drug-likeness (QED) is 0.438. The predicted molar refractivity (Wildman–Crippen MR) is 125 cm³/mol. The molecule has 0 aliphatic carbocycles. The Bertz CT molecular complexity index is 946. The van der Waals surface area contributed by atoms with Gasteiger partial charge in [0.1, 0.15) is 0 Å². The van der Waals surface area contributed by atoms with Gasteiger partial charge in [-0.15, -0.1) is 0 Å². The monoisotopic (exact) mass is 630 g/mol. The summed E-state index contributed by atoms with van der Waals surface area (Å²) in [6.45, 7) is 0. The molecule has 10 heteroatoms. The van der Waals surface area contributed by atoms with Crippen LogP contribution >= 0.6 is 45.2 Å². The van der Waals surface area contributed by atoms with Crippen LogP contribution in [-0.2, 0) is 20.0 Å². The smallest absolute Gasteiger partial charge is 0.248 e. The number of rotatable bonds is 8. The van der Waals surface area contributed by atoms with Crippen molar-refractivity contribution in [2.45, 2.75) is 0 Å². The molecule has 2 aromatic carbocycles. The molecule has 2 rings (SSSR count). The normalized spacial score (nSPS) is 12.5. The number of hydrogen-bond acceptors (Lipinski definition) is 4. The fourth-order valence-electron chi connectivity index (χ4n) is 1.89. The molecule has 0 spiro atoms. The van der Waals surface area contributed by atoms with E-state index in [9.17, 15) is 16.8 Å². The Morgan fingerprint density at radius 1 is 0.667 bits per heavy atom. The first-order valence-corrected chi connectivity index (χ1v) is 13.0. The van der Waals surface area contributed by atoms with Crippen molar-refractivity contribution >= 4 is 77.4 Å². The summed E-state index contributed by atoms with van der Waals surface area (Å²) >= 11 is 4.32. The van der Waals surface area contributed by atoms with E-state index in [1.807, 2.05) is 48.5 Å². The summed E-state index contributed by atoms with van der Waals surface area (Å²) in [5, 5.41) is -1.08. The van der Waals surface area contributed by atoms with E-state index in [4.69, 9.17) is 0 Å². The first-order valence-electron chi connectivity index (χ1n) is 7.49. The summed E-state index contributed by atoms with van der Waals surface area (Å²) in [7, 11) is -8.08.